The minimum Gasteiger partial charge on any atom is -0.398 e. The number of para-hydroxylation sites is 1. The number of nitrogens with two attached hydrogens (primary N) is 1. The average molecular weight is 187 g/mol. The van der Waals surface area contributed by atoms with Crippen LogP contribution in [0.2, 0.25) is 0 Å². The maximum absolute atomic E-state index is 13.4. The van der Waals surface area contributed by atoms with E-state index in [0.717, 1.165) is 5.56 Å². The van der Waals surface area contributed by atoms with Gasteiger partial charge in [0.25, 0.3) is 0 Å². The molecule has 0 spiro atoms. The molecule has 2 rings (SSSR count). The van der Waals surface area contributed by atoms with E-state index >= 15 is 0 Å². The van der Waals surface area contributed by atoms with Gasteiger partial charge in [-0.2, -0.15) is 0 Å². The Balaban J connectivity index is 2.61. The molecule has 0 saturated carbocycles. The Kier molecular flexibility index (Phi) is 2.19. The van der Waals surface area contributed by atoms with Crippen molar-refractivity contribution in [2.45, 2.75) is 0 Å². The van der Waals surface area contributed by atoms with Gasteiger partial charge >= 0.3 is 0 Å². The third-order valence-corrected chi connectivity index (χ3v) is 2.12. The highest BCUT2D eigenvalue weighted by Gasteiger charge is 2.05. The van der Waals surface area contributed by atoms with Crippen molar-refractivity contribution in [1.29, 1.82) is 0 Å². The van der Waals surface area contributed by atoms with E-state index < -0.39 is 0 Å². The van der Waals surface area contributed by atoms with Crippen LogP contribution in [0.5, 0.6) is 0 Å². The minimum absolute atomic E-state index is 0.245. The van der Waals surface area contributed by atoms with Crippen LogP contribution in [0, 0.1) is 5.82 Å². The first-order chi connectivity index (χ1) is 6.79. The molecule has 0 saturated heterocycles. The van der Waals surface area contributed by atoms with Gasteiger partial charge in [0, 0.05) is 16.8 Å². The summed E-state index contributed by atoms with van der Waals surface area (Å²) >= 11 is 0. The molecule has 0 heterocycles. The third-order valence-electron chi connectivity index (χ3n) is 2.12. The molecule has 0 atom stereocenters. The molecule has 0 unspecified atom stereocenters. The second-order valence-electron chi connectivity index (χ2n) is 3.07. The molecule has 0 amide bonds. The van der Waals surface area contributed by atoms with Gasteiger partial charge in [0.05, 0.1) is 0 Å². The molecule has 1 nitrogen and oxygen atoms in total. The van der Waals surface area contributed by atoms with Crippen molar-refractivity contribution in [3.63, 3.8) is 0 Å². The quantitative estimate of drug-likeness (QED) is 0.682. The molecule has 0 bridgehead atoms. The van der Waals surface area contributed by atoms with Crippen LogP contribution in [0.1, 0.15) is 0 Å². The second kappa shape index (κ2) is 3.50. The summed E-state index contributed by atoms with van der Waals surface area (Å²) in [5, 5.41) is 0. The number of anilines is 1. The Morgan fingerprint density at radius 1 is 0.786 bits per heavy atom. The van der Waals surface area contributed by atoms with Gasteiger partial charge < -0.3 is 5.73 Å². The Morgan fingerprint density at radius 3 is 2.00 bits per heavy atom. The fraction of sp³-hybridized carbons (Fsp3) is 0. The fourth-order valence-electron chi connectivity index (χ4n) is 1.42. The van der Waals surface area contributed by atoms with Gasteiger partial charge in [0.15, 0.2) is 0 Å². The Labute approximate surface area is 82.0 Å². The summed E-state index contributed by atoms with van der Waals surface area (Å²) in [6.07, 6.45) is 0. The van der Waals surface area contributed by atoms with Crippen LogP contribution in [-0.4, -0.2) is 0 Å². The zero-order chi connectivity index (χ0) is 9.97. The van der Waals surface area contributed by atoms with Gasteiger partial charge in [-0.3, -0.25) is 0 Å². The van der Waals surface area contributed by atoms with Crippen LogP contribution in [0.3, 0.4) is 0 Å². The van der Waals surface area contributed by atoms with Crippen LogP contribution in [0.15, 0.2) is 48.5 Å². The van der Waals surface area contributed by atoms with Crippen molar-refractivity contribution < 1.29 is 4.39 Å². The predicted molar refractivity (Wildman–Crippen MR) is 56.2 cm³/mol. The summed E-state index contributed by atoms with van der Waals surface area (Å²) in [5.74, 6) is -0.245. The number of rotatable bonds is 1. The van der Waals surface area contributed by atoms with E-state index in [1.807, 2.05) is 18.2 Å². The number of hydrogen-bond acceptors (Lipinski definition) is 1. The molecule has 0 aliphatic rings. The molecule has 2 aromatic rings. The van der Waals surface area contributed by atoms with Crippen molar-refractivity contribution in [3.8, 4) is 11.1 Å². The summed E-state index contributed by atoms with van der Waals surface area (Å²) in [5.41, 5.74) is 7.64. The van der Waals surface area contributed by atoms with E-state index in [0.29, 0.717) is 11.3 Å². The molecule has 0 fully saturated rings. The molecule has 0 radical (unpaired) electrons. The first-order valence-corrected chi connectivity index (χ1v) is 4.38. The normalized spacial score (nSPS) is 10.1. The highest BCUT2D eigenvalue weighted by molar-refractivity contribution is 5.76. The smallest absolute Gasteiger partial charge is 0.131 e. The minimum atomic E-state index is -0.245. The van der Waals surface area contributed by atoms with E-state index in [9.17, 15) is 4.39 Å². The SMILES string of the molecule is Nc1ccccc1-c1ccccc1F. The maximum atomic E-state index is 13.4. The fourth-order valence-corrected chi connectivity index (χ4v) is 1.42. The molecule has 2 aromatic carbocycles. The van der Waals surface area contributed by atoms with Gasteiger partial charge in [0.1, 0.15) is 5.82 Å². The first-order valence-electron chi connectivity index (χ1n) is 4.38. The number of benzene rings is 2. The summed E-state index contributed by atoms with van der Waals surface area (Å²) < 4.78 is 13.4. The highest BCUT2D eigenvalue weighted by atomic mass is 19.1. The summed E-state index contributed by atoms with van der Waals surface area (Å²) in [6, 6.07) is 13.9. The molecule has 0 aromatic heterocycles. The van der Waals surface area contributed by atoms with Crippen molar-refractivity contribution in [2.24, 2.45) is 0 Å². The number of halogens is 1. The second-order valence-corrected chi connectivity index (χ2v) is 3.07. The summed E-state index contributed by atoms with van der Waals surface area (Å²) in [6.45, 7) is 0. The van der Waals surface area contributed by atoms with Crippen LogP contribution < -0.4 is 5.73 Å². The maximum Gasteiger partial charge on any atom is 0.131 e. The lowest BCUT2D eigenvalue weighted by atomic mass is 10.0. The molecule has 2 N–H and O–H groups in total. The van der Waals surface area contributed by atoms with Gasteiger partial charge in [-0.05, 0) is 12.1 Å². The van der Waals surface area contributed by atoms with Crippen molar-refractivity contribution in [1.82, 2.24) is 0 Å². The Hall–Kier alpha value is -1.83. The van der Waals surface area contributed by atoms with E-state index in [-0.39, 0.29) is 5.82 Å². The molecule has 70 valence electrons. The molecule has 2 heteroatoms. The van der Waals surface area contributed by atoms with Gasteiger partial charge in [-0.15, -0.1) is 0 Å². The summed E-state index contributed by atoms with van der Waals surface area (Å²) in [7, 11) is 0. The molecular formula is C12H10FN. The van der Waals surface area contributed by atoms with Crippen LogP contribution in [0.25, 0.3) is 11.1 Å². The number of hydrogen-bond donors (Lipinski definition) is 1. The lowest BCUT2D eigenvalue weighted by molar-refractivity contribution is 0.631. The van der Waals surface area contributed by atoms with Gasteiger partial charge in [0.2, 0.25) is 0 Å². The lowest BCUT2D eigenvalue weighted by Gasteiger charge is -2.05. The van der Waals surface area contributed by atoms with Crippen LogP contribution in [0.4, 0.5) is 10.1 Å². The summed E-state index contributed by atoms with van der Waals surface area (Å²) in [4.78, 5) is 0. The van der Waals surface area contributed by atoms with Crippen LogP contribution in [-0.2, 0) is 0 Å². The predicted octanol–water partition coefficient (Wildman–Crippen LogP) is 3.07. The van der Waals surface area contributed by atoms with Crippen molar-refractivity contribution in [2.75, 3.05) is 5.73 Å². The topological polar surface area (TPSA) is 26.0 Å². The van der Waals surface area contributed by atoms with Crippen LogP contribution >= 0.6 is 0 Å². The van der Waals surface area contributed by atoms with Gasteiger partial charge in [-0.1, -0.05) is 36.4 Å². The van der Waals surface area contributed by atoms with E-state index in [4.69, 9.17) is 5.73 Å². The molecular weight excluding hydrogens is 177 g/mol. The van der Waals surface area contributed by atoms with E-state index in [1.54, 1.807) is 24.3 Å². The zero-order valence-corrected chi connectivity index (χ0v) is 7.57. The Bertz CT molecular complexity index is 408. The third kappa shape index (κ3) is 1.46. The van der Waals surface area contributed by atoms with Crippen molar-refractivity contribution >= 4 is 5.69 Å². The van der Waals surface area contributed by atoms with E-state index in [1.165, 1.54) is 6.07 Å². The largest absolute Gasteiger partial charge is 0.398 e. The average Bonchev–Trinajstić information content (AvgIpc) is 2.20. The molecule has 0 aliphatic carbocycles. The molecule has 0 aliphatic heterocycles. The first kappa shape index (κ1) is 8.75. The number of nitrogen functional groups attached to an aromatic ring is 1. The highest BCUT2D eigenvalue weighted by Crippen LogP contribution is 2.27. The standard InChI is InChI=1S/C12H10FN/c13-11-7-3-1-5-9(11)10-6-2-4-8-12(10)14/h1-8H,14H2. The lowest BCUT2D eigenvalue weighted by Crippen LogP contribution is -1.91. The Morgan fingerprint density at radius 2 is 1.36 bits per heavy atom. The zero-order valence-electron chi connectivity index (χ0n) is 7.57. The van der Waals surface area contributed by atoms with E-state index in [2.05, 4.69) is 0 Å². The van der Waals surface area contributed by atoms with Crippen molar-refractivity contribution in [3.05, 3.63) is 54.3 Å². The molecule has 14 heavy (non-hydrogen) atoms. The van der Waals surface area contributed by atoms with Gasteiger partial charge in [-0.25, -0.2) is 4.39 Å². The monoisotopic (exact) mass is 187 g/mol.